The van der Waals surface area contributed by atoms with Crippen LogP contribution in [-0.4, -0.2) is 4.99 Å². The van der Waals surface area contributed by atoms with Crippen molar-refractivity contribution in [2.75, 3.05) is 5.32 Å². The van der Waals surface area contributed by atoms with Gasteiger partial charge in [-0.25, -0.2) is 0 Å². The molecular weight excluding hydrogens is 309 g/mol. The third kappa shape index (κ3) is 3.36. The summed E-state index contributed by atoms with van der Waals surface area (Å²) in [4.78, 5) is 0.602. The van der Waals surface area contributed by atoms with Crippen LogP contribution in [-0.2, 0) is 0 Å². The van der Waals surface area contributed by atoms with Gasteiger partial charge in [0.15, 0.2) is 0 Å². The van der Waals surface area contributed by atoms with Gasteiger partial charge >= 0.3 is 0 Å². The number of benzene rings is 2. The maximum Gasteiger partial charge on any atom is 0.110 e. The van der Waals surface area contributed by atoms with Crippen LogP contribution in [0.1, 0.15) is 5.56 Å². The molecule has 0 spiro atoms. The first-order valence-electron chi connectivity index (χ1n) is 5.08. The molecule has 0 fully saturated rings. The second kappa shape index (κ2) is 5.89. The summed E-state index contributed by atoms with van der Waals surface area (Å²) < 4.78 is 0. The maximum absolute atomic E-state index is 5.93. The molecule has 0 saturated carbocycles. The lowest BCUT2D eigenvalue weighted by Gasteiger charge is -2.09. The molecule has 92 valence electrons. The van der Waals surface area contributed by atoms with Crippen molar-refractivity contribution in [3.8, 4) is 0 Å². The number of hydrogen-bond donors (Lipinski definition) is 1. The number of halogens is 3. The van der Waals surface area contributed by atoms with Crippen LogP contribution in [0.2, 0.25) is 15.1 Å². The highest BCUT2D eigenvalue weighted by atomic mass is 35.5. The van der Waals surface area contributed by atoms with Crippen LogP contribution in [0.4, 0.5) is 5.69 Å². The normalized spacial score (nSPS) is 10.2. The summed E-state index contributed by atoms with van der Waals surface area (Å²) in [6.45, 7) is 0. The first kappa shape index (κ1) is 13.6. The quantitative estimate of drug-likeness (QED) is 0.741. The summed E-state index contributed by atoms with van der Waals surface area (Å²) in [6.07, 6.45) is 0. The van der Waals surface area contributed by atoms with E-state index < -0.39 is 0 Å². The summed E-state index contributed by atoms with van der Waals surface area (Å²) in [5.74, 6) is 0. The topological polar surface area (TPSA) is 12.0 Å². The highest BCUT2D eigenvalue weighted by Gasteiger charge is 2.04. The Morgan fingerprint density at radius 2 is 1.56 bits per heavy atom. The van der Waals surface area contributed by atoms with Crippen LogP contribution in [0.25, 0.3) is 0 Å². The second-order valence-corrected chi connectivity index (χ2v) is 5.25. The van der Waals surface area contributed by atoms with Crippen molar-refractivity contribution in [2.45, 2.75) is 0 Å². The van der Waals surface area contributed by atoms with Gasteiger partial charge < -0.3 is 5.32 Å². The number of nitrogens with one attached hydrogen (secondary N) is 1. The van der Waals surface area contributed by atoms with E-state index in [9.17, 15) is 0 Å². The Balaban J connectivity index is 2.16. The molecule has 1 nitrogen and oxygen atoms in total. The van der Waals surface area contributed by atoms with Crippen molar-refractivity contribution in [2.24, 2.45) is 0 Å². The molecule has 0 aliphatic heterocycles. The Kier molecular flexibility index (Phi) is 4.46. The predicted octanol–water partition coefficient (Wildman–Crippen LogP) is 5.43. The Bertz CT molecular complexity index is 581. The van der Waals surface area contributed by atoms with Crippen molar-refractivity contribution in [3.05, 3.63) is 63.1 Å². The summed E-state index contributed by atoms with van der Waals surface area (Å²) in [5.41, 5.74) is 1.69. The molecule has 2 aromatic rings. The molecule has 1 N–H and O–H groups in total. The Labute approximate surface area is 126 Å². The van der Waals surface area contributed by atoms with Crippen LogP contribution in [0.5, 0.6) is 0 Å². The second-order valence-electron chi connectivity index (χ2n) is 3.59. The zero-order valence-corrected chi connectivity index (χ0v) is 12.2. The highest BCUT2D eigenvalue weighted by Crippen LogP contribution is 2.25. The van der Waals surface area contributed by atoms with E-state index in [4.69, 9.17) is 47.0 Å². The molecule has 0 saturated heterocycles. The molecule has 0 unspecified atom stereocenters. The fraction of sp³-hybridized carbons (Fsp3) is 0. The van der Waals surface area contributed by atoms with E-state index in [-0.39, 0.29) is 0 Å². The van der Waals surface area contributed by atoms with Gasteiger partial charge in [-0.15, -0.1) is 0 Å². The van der Waals surface area contributed by atoms with E-state index in [2.05, 4.69) is 5.32 Å². The number of anilines is 1. The fourth-order valence-electron chi connectivity index (χ4n) is 1.38. The van der Waals surface area contributed by atoms with E-state index in [1.54, 1.807) is 24.3 Å². The third-order valence-corrected chi connectivity index (χ3v) is 3.61. The average Bonchev–Trinajstić information content (AvgIpc) is 2.34. The van der Waals surface area contributed by atoms with Gasteiger partial charge in [-0.05, 0) is 30.3 Å². The molecule has 0 aromatic heterocycles. The standard InChI is InChI=1S/C13H8Cl3NS/c14-9-3-1-8(2-4-9)13(18)17-10-5-6-11(15)12(16)7-10/h1-7H,(H,17,18). The lowest BCUT2D eigenvalue weighted by molar-refractivity contribution is 1.60. The van der Waals surface area contributed by atoms with Crippen molar-refractivity contribution in [1.29, 1.82) is 0 Å². The molecule has 0 amide bonds. The Morgan fingerprint density at radius 1 is 0.889 bits per heavy atom. The van der Waals surface area contributed by atoms with Gasteiger partial charge in [0.1, 0.15) is 4.99 Å². The molecule has 0 atom stereocenters. The van der Waals surface area contributed by atoms with E-state index in [0.29, 0.717) is 20.1 Å². The molecule has 2 aromatic carbocycles. The van der Waals surface area contributed by atoms with Crippen LogP contribution in [0, 0.1) is 0 Å². The molecule has 5 heteroatoms. The van der Waals surface area contributed by atoms with E-state index >= 15 is 0 Å². The fourth-order valence-corrected chi connectivity index (χ4v) is 2.06. The zero-order chi connectivity index (χ0) is 13.1. The first-order valence-corrected chi connectivity index (χ1v) is 6.62. The first-order chi connectivity index (χ1) is 8.56. The highest BCUT2D eigenvalue weighted by molar-refractivity contribution is 7.81. The SMILES string of the molecule is S=C(Nc1ccc(Cl)c(Cl)c1)c1ccc(Cl)cc1. The number of hydrogen-bond acceptors (Lipinski definition) is 1. The number of rotatable bonds is 2. The van der Waals surface area contributed by atoms with Crippen LogP contribution < -0.4 is 5.32 Å². The van der Waals surface area contributed by atoms with Gasteiger partial charge in [0.05, 0.1) is 10.0 Å². The Hall–Kier alpha value is -0.800. The number of thiocarbonyl (C=S) groups is 1. The summed E-state index contributed by atoms with van der Waals surface area (Å²) in [6, 6.07) is 12.6. The summed E-state index contributed by atoms with van der Waals surface area (Å²) >= 11 is 22.9. The monoisotopic (exact) mass is 315 g/mol. The molecule has 0 aliphatic carbocycles. The van der Waals surface area contributed by atoms with Crippen LogP contribution in [0.15, 0.2) is 42.5 Å². The largest absolute Gasteiger partial charge is 0.346 e. The van der Waals surface area contributed by atoms with Crippen molar-refractivity contribution < 1.29 is 0 Å². The van der Waals surface area contributed by atoms with Gasteiger partial charge in [0.25, 0.3) is 0 Å². The molecule has 0 bridgehead atoms. The molecular formula is C13H8Cl3NS. The van der Waals surface area contributed by atoms with Gasteiger partial charge in [-0.2, -0.15) is 0 Å². The summed E-state index contributed by atoms with van der Waals surface area (Å²) in [5, 5.41) is 4.77. The minimum absolute atomic E-state index is 0.487. The predicted molar refractivity (Wildman–Crippen MR) is 83.2 cm³/mol. The van der Waals surface area contributed by atoms with Crippen molar-refractivity contribution in [1.82, 2.24) is 0 Å². The van der Waals surface area contributed by atoms with Gasteiger partial charge in [0.2, 0.25) is 0 Å². The third-order valence-electron chi connectivity index (χ3n) is 2.28. The summed E-state index contributed by atoms with van der Waals surface area (Å²) in [7, 11) is 0. The van der Waals surface area contributed by atoms with Gasteiger partial charge in [-0.3, -0.25) is 0 Å². The zero-order valence-electron chi connectivity index (χ0n) is 9.08. The van der Waals surface area contributed by atoms with E-state index in [0.717, 1.165) is 11.3 Å². The minimum atomic E-state index is 0.487. The van der Waals surface area contributed by atoms with E-state index in [1.807, 2.05) is 18.2 Å². The van der Waals surface area contributed by atoms with E-state index in [1.165, 1.54) is 0 Å². The molecule has 0 radical (unpaired) electrons. The van der Waals surface area contributed by atoms with Gasteiger partial charge in [-0.1, -0.05) is 59.2 Å². The van der Waals surface area contributed by atoms with Gasteiger partial charge in [0, 0.05) is 16.3 Å². The maximum atomic E-state index is 5.93. The minimum Gasteiger partial charge on any atom is -0.346 e. The molecule has 18 heavy (non-hydrogen) atoms. The molecule has 2 rings (SSSR count). The van der Waals surface area contributed by atoms with Crippen molar-refractivity contribution in [3.63, 3.8) is 0 Å². The van der Waals surface area contributed by atoms with Crippen LogP contribution >= 0.6 is 47.0 Å². The average molecular weight is 317 g/mol. The van der Waals surface area contributed by atoms with Crippen molar-refractivity contribution >= 4 is 57.7 Å². The lowest BCUT2D eigenvalue weighted by atomic mass is 10.2. The lowest BCUT2D eigenvalue weighted by Crippen LogP contribution is -2.10. The Morgan fingerprint density at radius 3 is 2.17 bits per heavy atom. The van der Waals surface area contributed by atoms with Crippen LogP contribution in [0.3, 0.4) is 0 Å². The molecule has 0 heterocycles. The smallest absolute Gasteiger partial charge is 0.110 e. The molecule has 0 aliphatic rings.